The van der Waals surface area contributed by atoms with Crippen molar-refractivity contribution in [2.45, 2.75) is 33.2 Å². The molecule has 74 valence electrons. The van der Waals surface area contributed by atoms with Crippen LogP contribution in [0.15, 0.2) is 4.47 Å². The number of hydrogen-bond donors (Lipinski definition) is 0. The molecular formula is C9H15BrN2O. The minimum atomic E-state index is -0.0105. The van der Waals surface area contributed by atoms with Crippen molar-refractivity contribution in [3.05, 3.63) is 10.2 Å². The zero-order valence-corrected chi connectivity index (χ0v) is 10.3. The van der Waals surface area contributed by atoms with E-state index in [0.29, 0.717) is 5.88 Å². The second kappa shape index (κ2) is 3.33. The molecule has 13 heavy (non-hydrogen) atoms. The van der Waals surface area contributed by atoms with Crippen molar-refractivity contribution in [1.29, 1.82) is 0 Å². The first-order chi connectivity index (χ1) is 5.88. The van der Waals surface area contributed by atoms with Crippen molar-refractivity contribution in [3.8, 4) is 5.88 Å². The molecule has 1 heterocycles. The molecule has 0 atom stereocenters. The minimum absolute atomic E-state index is 0.0105. The quantitative estimate of drug-likeness (QED) is 0.762. The van der Waals surface area contributed by atoms with Crippen molar-refractivity contribution in [2.24, 2.45) is 0 Å². The standard InChI is InChI=1S/C9H15BrN2O/c1-6-7(10)8(13-5)11-12(6)9(2,3)4/h1-5H3. The summed E-state index contributed by atoms with van der Waals surface area (Å²) in [5, 5.41) is 4.35. The number of halogens is 1. The Balaban J connectivity index is 3.25. The average Bonchev–Trinajstić information content (AvgIpc) is 2.28. The highest BCUT2D eigenvalue weighted by molar-refractivity contribution is 9.10. The maximum Gasteiger partial charge on any atom is 0.247 e. The van der Waals surface area contributed by atoms with Crippen LogP contribution in [-0.4, -0.2) is 16.9 Å². The first kappa shape index (κ1) is 10.6. The molecule has 0 aromatic carbocycles. The highest BCUT2D eigenvalue weighted by Gasteiger charge is 2.21. The maximum absolute atomic E-state index is 5.12. The second-order valence-corrected chi connectivity index (χ2v) is 4.78. The van der Waals surface area contributed by atoms with Crippen molar-refractivity contribution >= 4 is 15.9 Å². The molecule has 4 heteroatoms. The molecular weight excluding hydrogens is 232 g/mol. The topological polar surface area (TPSA) is 27.1 Å². The number of aromatic nitrogens is 2. The number of rotatable bonds is 1. The van der Waals surface area contributed by atoms with Crippen LogP contribution in [0.2, 0.25) is 0 Å². The number of methoxy groups -OCH3 is 1. The van der Waals surface area contributed by atoms with Gasteiger partial charge < -0.3 is 4.74 Å². The zero-order valence-electron chi connectivity index (χ0n) is 8.68. The molecule has 0 fully saturated rings. The van der Waals surface area contributed by atoms with Gasteiger partial charge in [0.25, 0.3) is 0 Å². The van der Waals surface area contributed by atoms with Crippen LogP contribution in [0.3, 0.4) is 0 Å². The van der Waals surface area contributed by atoms with Crippen LogP contribution >= 0.6 is 15.9 Å². The fraction of sp³-hybridized carbons (Fsp3) is 0.667. The summed E-state index contributed by atoms with van der Waals surface area (Å²) >= 11 is 3.45. The lowest BCUT2D eigenvalue weighted by Gasteiger charge is -2.20. The summed E-state index contributed by atoms with van der Waals surface area (Å²) in [7, 11) is 1.62. The van der Waals surface area contributed by atoms with Crippen LogP contribution in [0.5, 0.6) is 5.88 Å². The molecule has 0 aliphatic carbocycles. The van der Waals surface area contributed by atoms with E-state index in [1.807, 2.05) is 11.6 Å². The van der Waals surface area contributed by atoms with Gasteiger partial charge >= 0.3 is 0 Å². The van der Waals surface area contributed by atoms with Gasteiger partial charge in [-0.05, 0) is 43.6 Å². The van der Waals surface area contributed by atoms with E-state index in [2.05, 4.69) is 41.8 Å². The van der Waals surface area contributed by atoms with E-state index in [1.54, 1.807) is 7.11 Å². The van der Waals surface area contributed by atoms with Crippen LogP contribution in [0.4, 0.5) is 0 Å². The Bertz CT molecular complexity index is 312. The summed E-state index contributed by atoms with van der Waals surface area (Å²) in [4.78, 5) is 0. The Morgan fingerprint density at radius 3 is 2.15 bits per heavy atom. The number of hydrogen-bond acceptors (Lipinski definition) is 2. The molecule has 0 aliphatic rings. The molecule has 1 aromatic rings. The van der Waals surface area contributed by atoms with Crippen molar-refractivity contribution < 1.29 is 4.74 Å². The van der Waals surface area contributed by atoms with Gasteiger partial charge in [0.05, 0.1) is 18.3 Å². The monoisotopic (exact) mass is 246 g/mol. The smallest absolute Gasteiger partial charge is 0.247 e. The lowest BCUT2D eigenvalue weighted by atomic mass is 10.1. The van der Waals surface area contributed by atoms with Gasteiger partial charge in [0.1, 0.15) is 4.47 Å². The van der Waals surface area contributed by atoms with E-state index in [9.17, 15) is 0 Å². The number of nitrogens with zero attached hydrogens (tertiary/aromatic N) is 2. The Kier molecular flexibility index (Phi) is 2.71. The molecule has 0 N–H and O–H groups in total. The normalized spacial score (nSPS) is 11.8. The molecule has 1 aromatic heterocycles. The first-order valence-electron chi connectivity index (χ1n) is 4.17. The van der Waals surface area contributed by atoms with Gasteiger partial charge in [-0.2, -0.15) is 0 Å². The summed E-state index contributed by atoms with van der Waals surface area (Å²) in [6, 6.07) is 0. The zero-order chi connectivity index (χ0) is 10.2. The van der Waals surface area contributed by atoms with Gasteiger partial charge in [0.2, 0.25) is 5.88 Å². The van der Waals surface area contributed by atoms with Crippen LogP contribution in [0.25, 0.3) is 0 Å². The predicted molar refractivity (Wildman–Crippen MR) is 56.2 cm³/mol. The molecule has 0 aliphatic heterocycles. The summed E-state index contributed by atoms with van der Waals surface area (Å²) in [6.45, 7) is 8.35. The van der Waals surface area contributed by atoms with Gasteiger partial charge in [0.15, 0.2) is 0 Å². The SMILES string of the molecule is COc1nn(C(C)(C)C)c(C)c1Br. The molecule has 0 bridgehead atoms. The molecule has 0 saturated carbocycles. The Morgan fingerprint density at radius 1 is 1.38 bits per heavy atom. The minimum Gasteiger partial charge on any atom is -0.479 e. The van der Waals surface area contributed by atoms with E-state index < -0.39 is 0 Å². The second-order valence-electron chi connectivity index (χ2n) is 3.99. The average molecular weight is 247 g/mol. The fourth-order valence-corrected chi connectivity index (χ4v) is 1.65. The third-order valence-electron chi connectivity index (χ3n) is 1.84. The Labute approximate surface area is 87.2 Å². The van der Waals surface area contributed by atoms with Crippen LogP contribution in [0.1, 0.15) is 26.5 Å². The fourth-order valence-electron chi connectivity index (χ4n) is 1.24. The molecule has 0 radical (unpaired) electrons. The molecule has 1 rings (SSSR count). The van der Waals surface area contributed by atoms with E-state index in [-0.39, 0.29) is 5.54 Å². The number of ether oxygens (including phenoxy) is 1. The van der Waals surface area contributed by atoms with Crippen LogP contribution < -0.4 is 4.74 Å². The molecule has 0 unspecified atom stereocenters. The van der Waals surface area contributed by atoms with Gasteiger partial charge in [0, 0.05) is 0 Å². The van der Waals surface area contributed by atoms with Crippen LogP contribution in [-0.2, 0) is 5.54 Å². The third kappa shape index (κ3) is 1.88. The lowest BCUT2D eigenvalue weighted by Crippen LogP contribution is -2.24. The van der Waals surface area contributed by atoms with Gasteiger partial charge in [-0.15, -0.1) is 5.10 Å². The van der Waals surface area contributed by atoms with Crippen molar-refractivity contribution in [2.75, 3.05) is 7.11 Å². The molecule has 0 amide bonds. The van der Waals surface area contributed by atoms with E-state index in [4.69, 9.17) is 4.74 Å². The third-order valence-corrected chi connectivity index (χ3v) is 2.76. The summed E-state index contributed by atoms with van der Waals surface area (Å²) in [6.07, 6.45) is 0. The maximum atomic E-state index is 5.12. The van der Waals surface area contributed by atoms with E-state index >= 15 is 0 Å². The first-order valence-corrected chi connectivity index (χ1v) is 4.97. The predicted octanol–water partition coefficient (Wildman–Crippen LogP) is 2.72. The van der Waals surface area contributed by atoms with E-state index in [1.165, 1.54) is 0 Å². The summed E-state index contributed by atoms with van der Waals surface area (Å²) < 4.78 is 8.01. The lowest BCUT2D eigenvalue weighted by molar-refractivity contribution is 0.325. The van der Waals surface area contributed by atoms with Crippen LogP contribution in [0, 0.1) is 6.92 Å². The molecule has 0 spiro atoms. The highest BCUT2D eigenvalue weighted by atomic mass is 79.9. The van der Waals surface area contributed by atoms with Crippen molar-refractivity contribution in [3.63, 3.8) is 0 Å². The molecule has 0 saturated heterocycles. The molecule has 3 nitrogen and oxygen atoms in total. The van der Waals surface area contributed by atoms with Gasteiger partial charge in [-0.1, -0.05) is 0 Å². The Morgan fingerprint density at radius 2 is 1.92 bits per heavy atom. The van der Waals surface area contributed by atoms with Crippen molar-refractivity contribution in [1.82, 2.24) is 9.78 Å². The Hall–Kier alpha value is -0.510. The summed E-state index contributed by atoms with van der Waals surface area (Å²) in [5.41, 5.74) is 1.08. The largest absolute Gasteiger partial charge is 0.479 e. The summed E-state index contributed by atoms with van der Waals surface area (Å²) in [5.74, 6) is 0.646. The van der Waals surface area contributed by atoms with E-state index in [0.717, 1.165) is 10.2 Å². The highest BCUT2D eigenvalue weighted by Crippen LogP contribution is 2.30. The van der Waals surface area contributed by atoms with Gasteiger partial charge in [-0.25, -0.2) is 0 Å². The van der Waals surface area contributed by atoms with Gasteiger partial charge in [-0.3, -0.25) is 4.68 Å².